The molecule has 0 unspecified atom stereocenters. The number of halogens is 2. The summed E-state index contributed by atoms with van der Waals surface area (Å²) in [7, 11) is 0. The number of nitrogens with zero attached hydrogens (tertiary/aromatic N) is 1. The molecule has 0 saturated carbocycles. The Morgan fingerprint density at radius 3 is 2.25 bits per heavy atom. The average Bonchev–Trinajstić information content (AvgIpc) is 2.51. The number of benzene rings is 1. The van der Waals surface area contributed by atoms with Crippen molar-refractivity contribution in [3.63, 3.8) is 0 Å². The predicted molar refractivity (Wildman–Crippen MR) is 87.7 cm³/mol. The summed E-state index contributed by atoms with van der Waals surface area (Å²) >= 11 is 11.5. The SMILES string of the molecule is CC.CC.Clc1cccc(COc2ccc(Cl)nc2)c1. The molecule has 0 bridgehead atoms. The molecule has 0 aliphatic rings. The third kappa shape index (κ3) is 7.37. The van der Waals surface area contributed by atoms with Crippen LogP contribution in [0.5, 0.6) is 5.75 Å². The normalized spacial score (nSPS) is 8.70. The minimum atomic E-state index is 0.454. The van der Waals surface area contributed by atoms with Crippen LogP contribution in [0.1, 0.15) is 33.3 Å². The molecule has 0 spiro atoms. The quantitative estimate of drug-likeness (QED) is 0.646. The highest BCUT2D eigenvalue weighted by Gasteiger charge is 1.97. The summed E-state index contributed by atoms with van der Waals surface area (Å²) in [5.74, 6) is 0.685. The standard InChI is InChI=1S/C12H9Cl2NO.2C2H6/c13-10-3-1-2-9(6-10)8-16-11-4-5-12(14)15-7-11;2*1-2/h1-7H,8H2;2*1-2H3. The number of pyridine rings is 1. The molecule has 2 rings (SSSR count). The summed E-state index contributed by atoms with van der Waals surface area (Å²) in [6.07, 6.45) is 1.59. The maximum Gasteiger partial charge on any atom is 0.138 e. The van der Waals surface area contributed by atoms with E-state index in [-0.39, 0.29) is 0 Å². The third-order valence-corrected chi connectivity index (χ3v) is 2.45. The molecule has 4 heteroatoms. The first kappa shape index (κ1) is 18.8. The Bertz CT molecular complexity index is 472. The van der Waals surface area contributed by atoms with Crippen molar-refractivity contribution in [3.8, 4) is 5.75 Å². The van der Waals surface area contributed by atoms with Crippen LogP contribution in [-0.4, -0.2) is 4.98 Å². The van der Waals surface area contributed by atoms with Crippen molar-refractivity contribution in [1.29, 1.82) is 0 Å². The van der Waals surface area contributed by atoms with Gasteiger partial charge in [-0.15, -0.1) is 0 Å². The van der Waals surface area contributed by atoms with Crippen molar-refractivity contribution in [2.45, 2.75) is 34.3 Å². The average molecular weight is 314 g/mol. The van der Waals surface area contributed by atoms with Gasteiger partial charge in [0.25, 0.3) is 0 Å². The van der Waals surface area contributed by atoms with Gasteiger partial charge in [0.15, 0.2) is 0 Å². The Morgan fingerprint density at radius 1 is 1.00 bits per heavy atom. The Kier molecular flexibility index (Phi) is 10.8. The number of hydrogen-bond donors (Lipinski definition) is 0. The number of ether oxygens (including phenoxy) is 1. The van der Waals surface area contributed by atoms with Crippen molar-refractivity contribution < 1.29 is 4.74 Å². The van der Waals surface area contributed by atoms with Gasteiger partial charge >= 0.3 is 0 Å². The fourth-order valence-corrected chi connectivity index (χ4v) is 1.57. The second kappa shape index (κ2) is 11.6. The molecule has 110 valence electrons. The molecule has 0 amide bonds. The topological polar surface area (TPSA) is 22.1 Å². The number of rotatable bonds is 3. The summed E-state index contributed by atoms with van der Waals surface area (Å²) in [5.41, 5.74) is 1.02. The highest BCUT2D eigenvalue weighted by Crippen LogP contribution is 2.15. The van der Waals surface area contributed by atoms with Gasteiger partial charge in [0.2, 0.25) is 0 Å². The van der Waals surface area contributed by atoms with Crippen molar-refractivity contribution in [2.75, 3.05) is 0 Å². The first-order valence-electron chi connectivity index (χ1n) is 6.73. The zero-order valence-electron chi connectivity index (χ0n) is 12.4. The minimum absolute atomic E-state index is 0.454. The number of aromatic nitrogens is 1. The van der Waals surface area contributed by atoms with Gasteiger partial charge in [-0.3, -0.25) is 0 Å². The van der Waals surface area contributed by atoms with E-state index in [1.54, 1.807) is 18.3 Å². The van der Waals surface area contributed by atoms with Crippen LogP contribution in [0, 0.1) is 0 Å². The van der Waals surface area contributed by atoms with E-state index in [2.05, 4.69) is 4.98 Å². The molecule has 1 heterocycles. The fourth-order valence-electron chi connectivity index (χ4n) is 1.24. The van der Waals surface area contributed by atoms with Crippen LogP contribution >= 0.6 is 23.2 Å². The predicted octanol–water partition coefficient (Wildman–Crippen LogP) is 6.02. The fraction of sp³-hybridized carbons (Fsp3) is 0.312. The van der Waals surface area contributed by atoms with Gasteiger partial charge in [-0.2, -0.15) is 0 Å². The second-order valence-corrected chi connectivity index (χ2v) is 4.06. The van der Waals surface area contributed by atoms with E-state index < -0.39 is 0 Å². The maximum absolute atomic E-state index is 5.86. The van der Waals surface area contributed by atoms with Crippen LogP contribution in [0.3, 0.4) is 0 Å². The molecular weight excluding hydrogens is 293 g/mol. The van der Waals surface area contributed by atoms with Crippen molar-refractivity contribution in [2.24, 2.45) is 0 Å². The summed E-state index contributed by atoms with van der Waals surface area (Å²) in [6, 6.07) is 11.0. The molecule has 1 aromatic carbocycles. The van der Waals surface area contributed by atoms with Crippen LogP contribution in [-0.2, 0) is 6.61 Å². The summed E-state index contributed by atoms with van der Waals surface area (Å²) < 4.78 is 5.52. The smallest absolute Gasteiger partial charge is 0.138 e. The Hall–Kier alpha value is -1.25. The zero-order valence-corrected chi connectivity index (χ0v) is 13.9. The van der Waals surface area contributed by atoms with E-state index in [1.807, 2.05) is 52.0 Å². The summed E-state index contributed by atoms with van der Waals surface area (Å²) in [6.45, 7) is 8.46. The molecule has 1 aromatic heterocycles. The van der Waals surface area contributed by atoms with Gasteiger partial charge in [0, 0.05) is 5.02 Å². The molecule has 2 nitrogen and oxygen atoms in total. The molecule has 0 atom stereocenters. The maximum atomic E-state index is 5.86. The lowest BCUT2D eigenvalue weighted by atomic mass is 10.2. The molecule has 0 fully saturated rings. The number of hydrogen-bond acceptors (Lipinski definition) is 2. The summed E-state index contributed by atoms with van der Waals surface area (Å²) in [5, 5.41) is 1.16. The molecule has 0 aliphatic carbocycles. The van der Waals surface area contributed by atoms with E-state index in [0.29, 0.717) is 22.5 Å². The van der Waals surface area contributed by atoms with E-state index in [0.717, 1.165) is 5.56 Å². The third-order valence-electron chi connectivity index (χ3n) is 1.99. The van der Waals surface area contributed by atoms with Gasteiger partial charge < -0.3 is 4.74 Å². The lowest BCUT2D eigenvalue weighted by molar-refractivity contribution is 0.305. The van der Waals surface area contributed by atoms with Gasteiger partial charge in [-0.05, 0) is 29.8 Å². The summed E-state index contributed by atoms with van der Waals surface area (Å²) in [4.78, 5) is 3.92. The lowest BCUT2D eigenvalue weighted by Crippen LogP contribution is -1.95. The van der Waals surface area contributed by atoms with Gasteiger partial charge in [-0.1, -0.05) is 63.0 Å². The zero-order chi connectivity index (χ0) is 15.4. The van der Waals surface area contributed by atoms with Crippen LogP contribution < -0.4 is 4.74 Å². The van der Waals surface area contributed by atoms with Gasteiger partial charge in [0.1, 0.15) is 17.5 Å². The first-order valence-corrected chi connectivity index (χ1v) is 7.48. The molecule has 0 radical (unpaired) electrons. The Morgan fingerprint density at radius 2 is 1.70 bits per heavy atom. The largest absolute Gasteiger partial charge is 0.487 e. The highest BCUT2D eigenvalue weighted by atomic mass is 35.5. The molecule has 2 aromatic rings. The minimum Gasteiger partial charge on any atom is -0.487 e. The first-order chi connectivity index (χ1) is 9.74. The van der Waals surface area contributed by atoms with E-state index in [4.69, 9.17) is 27.9 Å². The van der Waals surface area contributed by atoms with Crippen LogP contribution in [0.25, 0.3) is 0 Å². The van der Waals surface area contributed by atoms with Crippen molar-refractivity contribution >= 4 is 23.2 Å². The van der Waals surface area contributed by atoms with E-state index >= 15 is 0 Å². The Balaban J connectivity index is 0.000000829. The van der Waals surface area contributed by atoms with Crippen LogP contribution in [0.2, 0.25) is 10.2 Å². The van der Waals surface area contributed by atoms with E-state index in [1.165, 1.54) is 0 Å². The van der Waals surface area contributed by atoms with Crippen molar-refractivity contribution in [1.82, 2.24) is 4.98 Å². The van der Waals surface area contributed by atoms with Crippen molar-refractivity contribution in [3.05, 3.63) is 58.3 Å². The lowest BCUT2D eigenvalue weighted by Gasteiger charge is -2.05. The van der Waals surface area contributed by atoms with Crippen LogP contribution in [0.4, 0.5) is 0 Å². The molecule has 0 aliphatic heterocycles. The monoisotopic (exact) mass is 313 g/mol. The molecular formula is C16H21Cl2NO. The molecule has 20 heavy (non-hydrogen) atoms. The van der Waals surface area contributed by atoms with E-state index in [9.17, 15) is 0 Å². The van der Waals surface area contributed by atoms with Gasteiger partial charge in [-0.25, -0.2) is 4.98 Å². The molecule has 0 saturated heterocycles. The second-order valence-electron chi connectivity index (χ2n) is 3.24. The Labute approximate surface area is 131 Å². The highest BCUT2D eigenvalue weighted by molar-refractivity contribution is 6.30. The van der Waals surface area contributed by atoms with Crippen LogP contribution in [0.15, 0.2) is 42.6 Å². The molecule has 0 N–H and O–H groups in total. The van der Waals surface area contributed by atoms with Gasteiger partial charge in [0.05, 0.1) is 6.20 Å².